The molecule has 2 N–H and O–H groups in total. The third kappa shape index (κ3) is 4.12. The largest absolute Gasteiger partial charge is 0.367 e. The number of hydrogen-bond acceptors (Lipinski definition) is 5. The number of benzene rings is 2. The summed E-state index contributed by atoms with van der Waals surface area (Å²) < 4.78 is 12.9. The van der Waals surface area contributed by atoms with E-state index in [9.17, 15) is 9.18 Å². The van der Waals surface area contributed by atoms with E-state index in [0.29, 0.717) is 12.1 Å². The number of rotatable bonds is 6. The van der Waals surface area contributed by atoms with E-state index < -0.39 is 0 Å². The van der Waals surface area contributed by atoms with Gasteiger partial charge in [0.15, 0.2) is 0 Å². The summed E-state index contributed by atoms with van der Waals surface area (Å²) in [4.78, 5) is 16.8. The van der Waals surface area contributed by atoms with Crippen LogP contribution in [0.25, 0.3) is 11.0 Å². The first-order valence-electron chi connectivity index (χ1n) is 9.51. The number of carbonyl (C=O) groups is 1. The zero-order chi connectivity index (χ0) is 19.3. The minimum absolute atomic E-state index is 0.161. The summed E-state index contributed by atoms with van der Waals surface area (Å²) in [6.07, 6.45) is 0.882. The Morgan fingerprint density at radius 1 is 1.11 bits per heavy atom. The fourth-order valence-electron chi connectivity index (χ4n) is 3.54. The van der Waals surface area contributed by atoms with Crippen molar-refractivity contribution in [2.24, 2.45) is 0 Å². The highest BCUT2D eigenvalue weighted by Crippen LogP contribution is 2.24. The van der Waals surface area contributed by atoms with Crippen LogP contribution in [0.5, 0.6) is 0 Å². The van der Waals surface area contributed by atoms with Crippen LogP contribution in [0, 0.1) is 5.82 Å². The van der Waals surface area contributed by atoms with Gasteiger partial charge in [-0.3, -0.25) is 14.8 Å². The standard InChI is InChI=1S/C20H23FN6O/c21-16-7-5-15(6-8-16)20(28)22-9-2-10-26-11-13-27(14-12-26)18-4-1-3-17-19(18)24-25-23-17/h1,3-8H,2,9-14H2,(H,22,28)(H,23,24,25). The zero-order valence-corrected chi connectivity index (χ0v) is 15.6. The highest BCUT2D eigenvalue weighted by atomic mass is 19.1. The van der Waals surface area contributed by atoms with E-state index in [2.05, 4.69) is 36.6 Å². The van der Waals surface area contributed by atoms with Gasteiger partial charge in [0, 0.05) is 38.3 Å². The lowest BCUT2D eigenvalue weighted by atomic mass is 10.2. The SMILES string of the molecule is O=C(NCCCN1CCN(c2cccc3nn[nH]c23)CC1)c1ccc(F)cc1. The van der Waals surface area contributed by atoms with E-state index in [1.54, 1.807) is 0 Å². The van der Waals surface area contributed by atoms with Crippen LogP contribution in [-0.4, -0.2) is 65.5 Å². The molecule has 2 heterocycles. The van der Waals surface area contributed by atoms with Crippen LogP contribution in [0.1, 0.15) is 16.8 Å². The fourth-order valence-corrected chi connectivity index (χ4v) is 3.54. The molecule has 7 nitrogen and oxygen atoms in total. The molecular weight excluding hydrogens is 359 g/mol. The Morgan fingerprint density at radius 3 is 2.68 bits per heavy atom. The van der Waals surface area contributed by atoms with Crippen molar-refractivity contribution >= 4 is 22.6 Å². The summed E-state index contributed by atoms with van der Waals surface area (Å²) in [6.45, 7) is 5.39. The lowest BCUT2D eigenvalue weighted by Gasteiger charge is -2.36. The first kappa shape index (κ1) is 18.4. The number of carbonyl (C=O) groups excluding carboxylic acids is 1. The lowest BCUT2D eigenvalue weighted by Crippen LogP contribution is -2.47. The van der Waals surface area contributed by atoms with Crippen molar-refractivity contribution in [2.75, 3.05) is 44.2 Å². The molecule has 0 aliphatic carbocycles. The van der Waals surface area contributed by atoms with E-state index in [0.717, 1.165) is 55.9 Å². The predicted molar refractivity (Wildman–Crippen MR) is 106 cm³/mol. The first-order chi connectivity index (χ1) is 13.7. The van der Waals surface area contributed by atoms with E-state index >= 15 is 0 Å². The molecule has 1 amide bonds. The number of anilines is 1. The summed E-state index contributed by atoms with van der Waals surface area (Å²) in [5.41, 5.74) is 3.50. The smallest absolute Gasteiger partial charge is 0.251 e. The second-order valence-electron chi connectivity index (χ2n) is 6.93. The molecule has 0 spiro atoms. The molecule has 1 aromatic heterocycles. The molecule has 4 rings (SSSR count). The molecule has 0 saturated carbocycles. The number of H-pyrrole nitrogens is 1. The quantitative estimate of drug-likeness (QED) is 0.638. The Balaban J connectivity index is 1.20. The maximum Gasteiger partial charge on any atom is 0.251 e. The number of halogens is 1. The average Bonchev–Trinajstić information content (AvgIpc) is 3.21. The van der Waals surface area contributed by atoms with E-state index in [4.69, 9.17) is 0 Å². The molecule has 146 valence electrons. The highest BCUT2D eigenvalue weighted by molar-refractivity contribution is 5.94. The van der Waals surface area contributed by atoms with Crippen LogP contribution in [0.2, 0.25) is 0 Å². The molecule has 2 aromatic carbocycles. The van der Waals surface area contributed by atoms with Gasteiger partial charge in [-0.15, -0.1) is 5.10 Å². The van der Waals surface area contributed by atoms with Crippen LogP contribution in [0.4, 0.5) is 10.1 Å². The molecule has 28 heavy (non-hydrogen) atoms. The van der Waals surface area contributed by atoms with E-state index in [-0.39, 0.29) is 11.7 Å². The van der Waals surface area contributed by atoms with Gasteiger partial charge in [-0.2, -0.15) is 0 Å². The molecule has 1 aliphatic rings. The van der Waals surface area contributed by atoms with Gasteiger partial charge in [0.25, 0.3) is 5.91 Å². The van der Waals surface area contributed by atoms with Crippen molar-refractivity contribution in [2.45, 2.75) is 6.42 Å². The molecule has 0 unspecified atom stereocenters. The maximum atomic E-state index is 12.9. The van der Waals surface area contributed by atoms with Gasteiger partial charge in [0.2, 0.25) is 0 Å². The summed E-state index contributed by atoms with van der Waals surface area (Å²) >= 11 is 0. The second kappa shape index (κ2) is 8.35. The molecule has 1 aliphatic heterocycles. The number of nitrogens with one attached hydrogen (secondary N) is 2. The Kier molecular flexibility index (Phi) is 5.48. The van der Waals surface area contributed by atoms with E-state index in [1.165, 1.54) is 24.3 Å². The number of para-hydroxylation sites is 1. The normalized spacial score (nSPS) is 15.1. The van der Waals surface area contributed by atoms with Gasteiger partial charge in [-0.1, -0.05) is 11.3 Å². The first-order valence-corrected chi connectivity index (χ1v) is 9.51. The number of aromatic nitrogens is 3. The van der Waals surface area contributed by atoms with Crippen LogP contribution in [0.3, 0.4) is 0 Å². The van der Waals surface area contributed by atoms with Gasteiger partial charge in [0.1, 0.15) is 16.9 Å². The topological polar surface area (TPSA) is 77.2 Å². The highest BCUT2D eigenvalue weighted by Gasteiger charge is 2.19. The summed E-state index contributed by atoms with van der Waals surface area (Å²) in [6, 6.07) is 11.7. The van der Waals surface area contributed by atoms with Crippen LogP contribution >= 0.6 is 0 Å². The number of aromatic amines is 1. The summed E-state index contributed by atoms with van der Waals surface area (Å²) in [7, 11) is 0. The monoisotopic (exact) mass is 382 g/mol. The summed E-state index contributed by atoms with van der Waals surface area (Å²) in [5, 5.41) is 13.9. The van der Waals surface area contributed by atoms with E-state index in [1.807, 2.05) is 12.1 Å². The molecule has 1 fully saturated rings. The van der Waals surface area contributed by atoms with Gasteiger partial charge in [0.05, 0.1) is 5.69 Å². The molecule has 8 heteroatoms. The number of fused-ring (bicyclic) bond motifs is 1. The molecule has 0 radical (unpaired) electrons. The minimum atomic E-state index is -0.337. The van der Waals surface area contributed by atoms with Gasteiger partial charge in [-0.05, 0) is 49.4 Å². The number of hydrogen-bond donors (Lipinski definition) is 2. The van der Waals surface area contributed by atoms with Crippen LogP contribution < -0.4 is 10.2 Å². The molecule has 0 atom stereocenters. The molecule has 1 saturated heterocycles. The lowest BCUT2D eigenvalue weighted by molar-refractivity contribution is 0.0951. The second-order valence-corrected chi connectivity index (χ2v) is 6.93. The number of piperazine rings is 1. The van der Waals surface area contributed by atoms with Crippen molar-refractivity contribution in [3.8, 4) is 0 Å². The summed E-state index contributed by atoms with van der Waals surface area (Å²) in [5.74, 6) is -0.498. The van der Waals surface area contributed by atoms with Crippen LogP contribution in [0.15, 0.2) is 42.5 Å². The minimum Gasteiger partial charge on any atom is -0.367 e. The van der Waals surface area contributed by atoms with Crippen molar-refractivity contribution < 1.29 is 9.18 Å². The van der Waals surface area contributed by atoms with Crippen molar-refractivity contribution in [1.29, 1.82) is 0 Å². The average molecular weight is 382 g/mol. The number of amides is 1. The van der Waals surface area contributed by atoms with Crippen molar-refractivity contribution in [3.63, 3.8) is 0 Å². The Hall–Kier alpha value is -3.00. The van der Waals surface area contributed by atoms with Gasteiger partial charge < -0.3 is 10.2 Å². The van der Waals surface area contributed by atoms with Gasteiger partial charge >= 0.3 is 0 Å². The molecule has 0 bridgehead atoms. The third-order valence-corrected chi connectivity index (χ3v) is 5.10. The molecular formula is C20H23FN6O. The predicted octanol–water partition coefficient (Wildman–Crippen LogP) is 2.04. The zero-order valence-electron chi connectivity index (χ0n) is 15.6. The number of nitrogens with zero attached hydrogens (tertiary/aromatic N) is 4. The maximum absolute atomic E-state index is 12.9. The Bertz CT molecular complexity index is 933. The third-order valence-electron chi connectivity index (χ3n) is 5.10. The van der Waals surface area contributed by atoms with Gasteiger partial charge in [-0.25, -0.2) is 4.39 Å². The fraction of sp³-hybridized carbons (Fsp3) is 0.350. The van der Waals surface area contributed by atoms with Crippen molar-refractivity contribution in [3.05, 3.63) is 53.8 Å². The molecule has 3 aromatic rings. The Labute approximate surface area is 162 Å². The van der Waals surface area contributed by atoms with Crippen LogP contribution in [-0.2, 0) is 0 Å². The Morgan fingerprint density at radius 2 is 1.89 bits per heavy atom. The van der Waals surface area contributed by atoms with Crippen molar-refractivity contribution in [1.82, 2.24) is 25.6 Å².